The third-order valence-corrected chi connectivity index (χ3v) is 5.32. The summed E-state index contributed by atoms with van der Waals surface area (Å²) in [6.07, 6.45) is 2.53. The number of ether oxygens (including phenoxy) is 2. The van der Waals surface area contributed by atoms with Gasteiger partial charge in [-0.1, -0.05) is 30.3 Å². The van der Waals surface area contributed by atoms with Gasteiger partial charge in [0.15, 0.2) is 5.78 Å². The van der Waals surface area contributed by atoms with Gasteiger partial charge < -0.3 is 14.4 Å². The Balaban J connectivity index is 1.51. The van der Waals surface area contributed by atoms with E-state index in [1.54, 1.807) is 14.2 Å². The van der Waals surface area contributed by atoms with Gasteiger partial charge in [0.25, 0.3) is 0 Å². The number of hydrogen-bond acceptors (Lipinski definition) is 4. The quantitative estimate of drug-likeness (QED) is 0.686. The zero-order valence-corrected chi connectivity index (χ0v) is 16.5. The molecule has 148 valence electrons. The van der Waals surface area contributed by atoms with E-state index in [4.69, 9.17) is 9.47 Å². The van der Waals surface area contributed by atoms with Gasteiger partial charge in [-0.05, 0) is 37.0 Å². The second-order valence-electron chi connectivity index (χ2n) is 7.11. The molecule has 0 spiro atoms. The fourth-order valence-corrected chi connectivity index (χ4v) is 3.65. The molecule has 1 aliphatic rings. The van der Waals surface area contributed by atoms with Crippen LogP contribution in [0.2, 0.25) is 0 Å². The van der Waals surface area contributed by atoms with Gasteiger partial charge in [0.1, 0.15) is 11.5 Å². The predicted molar refractivity (Wildman–Crippen MR) is 108 cm³/mol. The maximum Gasteiger partial charge on any atom is 0.222 e. The number of amides is 1. The number of likely N-dealkylation sites (tertiary alicyclic amines) is 1. The lowest BCUT2D eigenvalue weighted by molar-refractivity contribution is -0.132. The summed E-state index contributed by atoms with van der Waals surface area (Å²) in [5.41, 5.74) is 1.78. The van der Waals surface area contributed by atoms with Crippen molar-refractivity contribution in [2.75, 3.05) is 27.3 Å². The second kappa shape index (κ2) is 9.40. The van der Waals surface area contributed by atoms with Gasteiger partial charge in [0.05, 0.1) is 14.2 Å². The monoisotopic (exact) mass is 381 g/mol. The molecule has 3 rings (SSSR count). The van der Waals surface area contributed by atoms with E-state index < -0.39 is 0 Å². The van der Waals surface area contributed by atoms with Crippen molar-refractivity contribution in [3.63, 3.8) is 0 Å². The van der Waals surface area contributed by atoms with Gasteiger partial charge in [0.2, 0.25) is 5.91 Å². The van der Waals surface area contributed by atoms with E-state index in [2.05, 4.69) is 0 Å². The minimum Gasteiger partial charge on any atom is -0.497 e. The van der Waals surface area contributed by atoms with E-state index in [1.807, 2.05) is 53.4 Å². The molecule has 2 aromatic carbocycles. The number of hydrogen-bond donors (Lipinski definition) is 0. The zero-order valence-electron chi connectivity index (χ0n) is 16.5. The number of ketones is 1. The molecule has 0 aromatic heterocycles. The van der Waals surface area contributed by atoms with Crippen LogP contribution in [0.4, 0.5) is 0 Å². The van der Waals surface area contributed by atoms with E-state index in [9.17, 15) is 9.59 Å². The maximum atomic E-state index is 12.6. The van der Waals surface area contributed by atoms with Crippen molar-refractivity contribution in [3.8, 4) is 11.5 Å². The van der Waals surface area contributed by atoms with Crippen LogP contribution in [-0.2, 0) is 11.2 Å². The molecule has 5 nitrogen and oxygen atoms in total. The van der Waals surface area contributed by atoms with Crippen molar-refractivity contribution in [1.82, 2.24) is 4.90 Å². The molecule has 0 radical (unpaired) electrons. The smallest absolute Gasteiger partial charge is 0.222 e. The first-order valence-electron chi connectivity index (χ1n) is 9.69. The fraction of sp³-hybridized carbons (Fsp3) is 0.391. The lowest BCUT2D eigenvalue weighted by Gasteiger charge is -2.31. The first-order valence-corrected chi connectivity index (χ1v) is 9.69. The van der Waals surface area contributed by atoms with Crippen molar-refractivity contribution in [2.45, 2.75) is 25.7 Å². The summed E-state index contributed by atoms with van der Waals surface area (Å²) in [5.74, 6) is 1.78. The summed E-state index contributed by atoms with van der Waals surface area (Å²) in [7, 11) is 3.23. The van der Waals surface area contributed by atoms with E-state index in [1.165, 1.54) is 0 Å². The summed E-state index contributed by atoms with van der Waals surface area (Å²) in [4.78, 5) is 27.1. The predicted octanol–water partition coefficient (Wildman–Crippen LogP) is 3.76. The van der Waals surface area contributed by atoms with E-state index in [-0.39, 0.29) is 17.6 Å². The van der Waals surface area contributed by atoms with Gasteiger partial charge >= 0.3 is 0 Å². The summed E-state index contributed by atoms with van der Waals surface area (Å²) in [6, 6.07) is 15.1. The molecule has 0 N–H and O–H groups in total. The van der Waals surface area contributed by atoms with Crippen LogP contribution in [0.15, 0.2) is 48.5 Å². The molecule has 28 heavy (non-hydrogen) atoms. The summed E-state index contributed by atoms with van der Waals surface area (Å²) in [5, 5.41) is 0. The van der Waals surface area contributed by atoms with Gasteiger partial charge in [0, 0.05) is 37.1 Å². The highest BCUT2D eigenvalue weighted by Crippen LogP contribution is 2.25. The topological polar surface area (TPSA) is 55.8 Å². The largest absolute Gasteiger partial charge is 0.497 e. The highest BCUT2D eigenvalue weighted by atomic mass is 16.5. The number of methoxy groups -OCH3 is 2. The molecular weight excluding hydrogens is 354 g/mol. The van der Waals surface area contributed by atoms with Crippen LogP contribution in [0.3, 0.4) is 0 Å². The van der Waals surface area contributed by atoms with Crippen molar-refractivity contribution in [2.24, 2.45) is 5.92 Å². The Bertz CT molecular complexity index is 788. The molecule has 0 aliphatic carbocycles. The summed E-state index contributed by atoms with van der Waals surface area (Å²) >= 11 is 0. The average molecular weight is 381 g/mol. The number of rotatable bonds is 7. The van der Waals surface area contributed by atoms with Crippen LogP contribution in [0.25, 0.3) is 0 Å². The number of carbonyl (C=O) groups is 2. The van der Waals surface area contributed by atoms with E-state index >= 15 is 0 Å². The standard InChI is InChI=1S/C23H27NO4/c1-27-20-14-17(15-21(16-20)28-2)8-9-22(25)24-12-10-19(11-13-24)23(26)18-6-4-3-5-7-18/h3-7,14-16,19H,8-13H2,1-2H3. The summed E-state index contributed by atoms with van der Waals surface area (Å²) < 4.78 is 10.6. The van der Waals surface area contributed by atoms with Gasteiger partial charge in [-0.25, -0.2) is 0 Å². The molecule has 0 saturated carbocycles. The molecule has 5 heteroatoms. The lowest BCUT2D eigenvalue weighted by atomic mass is 9.89. The van der Waals surface area contributed by atoms with Crippen LogP contribution in [0.1, 0.15) is 35.2 Å². The molecule has 2 aromatic rings. The lowest BCUT2D eigenvalue weighted by Crippen LogP contribution is -2.40. The van der Waals surface area contributed by atoms with Crippen molar-refractivity contribution in [3.05, 3.63) is 59.7 Å². The molecule has 1 amide bonds. The van der Waals surface area contributed by atoms with Gasteiger partial charge in [-0.15, -0.1) is 0 Å². The molecule has 0 unspecified atom stereocenters. The second-order valence-corrected chi connectivity index (χ2v) is 7.11. The zero-order chi connectivity index (χ0) is 19.9. The maximum absolute atomic E-state index is 12.6. The first kappa shape index (κ1) is 19.9. The van der Waals surface area contributed by atoms with Crippen molar-refractivity contribution in [1.29, 1.82) is 0 Å². The van der Waals surface area contributed by atoms with Crippen LogP contribution >= 0.6 is 0 Å². The SMILES string of the molecule is COc1cc(CCC(=O)N2CCC(C(=O)c3ccccc3)CC2)cc(OC)c1. The Labute approximate surface area is 166 Å². The van der Waals surface area contributed by atoms with Gasteiger partial charge in [-0.2, -0.15) is 0 Å². The van der Waals surface area contributed by atoms with E-state index in [0.717, 1.165) is 35.5 Å². The molecule has 0 atom stereocenters. The van der Waals surface area contributed by atoms with Gasteiger partial charge in [-0.3, -0.25) is 9.59 Å². The average Bonchev–Trinajstić information content (AvgIpc) is 2.77. The fourth-order valence-electron chi connectivity index (χ4n) is 3.65. The number of Topliss-reactive ketones (excluding diaryl/α,β-unsaturated/α-hetero) is 1. The Hall–Kier alpha value is -2.82. The number of nitrogens with zero attached hydrogens (tertiary/aromatic N) is 1. The van der Waals surface area contributed by atoms with E-state index in [0.29, 0.717) is 25.9 Å². The Kier molecular flexibility index (Phi) is 6.69. The number of benzene rings is 2. The number of piperidine rings is 1. The molecule has 1 heterocycles. The minimum atomic E-state index is 0.00842. The third kappa shape index (κ3) is 4.91. The third-order valence-electron chi connectivity index (χ3n) is 5.32. The number of aryl methyl sites for hydroxylation is 1. The first-order chi connectivity index (χ1) is 13.6. The highest BCUT2D eigenvalue weighted by molar-refractivity contribution is 5.98. The Morgan fingerprint density at radius 3 is 2.14 bits per heavy atom. The number of carbonyl (C=O) groups excluding carboxylic acids is 2. The summed E-state index contributed by atoms with van der Waals surface area (Å²) in [6.45, 7) is 1.28. The molecular formula is C23H27NO4. The van der Waals surface area contributed by atoms with Crippen LogP contribution in [0.5, 0.6) is 11.5 Å². The molecule has 1 saturated heterocycles. The van der Waals surface area contributed by atoms with Crippen LogP contribution < -0.4 is 9.47 Å². The normalized spacial score (nSPS) is 14.6. The highest BCUT2D eigenvalue weighted by Gasteiger charge is 2.27. The van der Waals surface area contributed by atoms with Crippen LogP contribution in [0, 0.1) is 5.92 Å². The van der Waals surface area contributed by atoms with Crippen LogP contribution in [-0.4, -0.2) is 43.9 Å². The molecule has 1 fully saturated rings. The molecule has 1 aliphatic heterocycles. The van der Waals surface area contributed by atoms with Crippen molar-refractivity contribution < 1.29 is 19.1 Å². The molecule has 0 bridgehead atoms. The Morgan fingerprint density at radius 1 is 0.964 bits per heavy atom. The Morgan fingerprint density at radius 2 is 1.57 bits per heavy atom. The minimum absolute atomic E-state index is 0.00842. The van der Waals surface area contributed by atoms with Crippen molar-refractivity contribution >= 4 is 11.7 Å².